The van der Waals surface area contributed by atoms with Gasteiger partial charge in [0.15, 0.2) is 9.84 Å². The molecule has 9 heteroatoms. The van der Waals surface area contributed by atoms with Crippen LogP contribution in [0.3, 0.4) is 0 Å². The van der Waals surface area contributed by atoms with Crippen molar-refractivity contribution in [3.8, 4) is 0 Å². The Morgan fingerprint density at radius 1 is 1.23 bits per heavy atom. The van der Waals surface area contributed by atoms with Crippen molar-refractivity contribution in [2.24, 2.45) is 0 Å². The molecule has 1 unspecified atom stereocenters. The molecule has 0 saturated carbocycles. The molecule has 1 aromatic rings. The summed E-state index contributed by atoms with van der Waals surface area (Å²) in [5.74, 6) is -2.74. The third kappa shape index (κ3) is 5.28. The number of hydrogen-bond acceptors (Lipinski definition) is 3. The van der Waals surface area contributed by atoms with Crippen LogP contribution in [0.15, 0.2) is 24.3 Å². The Morgan fingerprint density at radius 3 is 2.18 bits per heavy atom. The molecule has 22 heavy (non-hydrogen) atoms. The zero-order valence-corrected chi connectivity index (χ0v) is 12.7. The summed E-state index contributed by atoms with van der Waals surface area (Å²) in [4.78, 5) is 11.9. The molecule has 4 nitrogen and oxygen atoms in total. The number of halogens is 4. The van der Waals surface area contributed by atoms with Gasteiger partial charge in [0.25, 0.3) is 0 Å². The van der Waals surface area contributed by atoms with Crippen molar-refractivity contribution in [2.75, 3.05) is 19.3 Å². The van der Waals surface area contributed by atoms with Crippen molar-refractivity contribution < 1.29 is 30.8 Å². The normalized spacial score (nSPS) is 13.7. The van der Waals surface area contributed by atoms with Gasteiger partial charge in [-0.15, -0.1) is 0 Å². The van der Waals surface area contributed by atoms with Crippen molar-refractivity contribution in [1.29, 1.82) is 0 Å². The molecular formula is C13H15F4NO3S. The van der Waals surface area contributed by atoms with Gasteiger partial charge in [0.05, 0.1) is 5.25 Å². The van der Waals surface area contributed by atoms with Crippen molar-refractivity contribution in [3.05, 3.63) is 35.6 Å². The van der Waals surface area contributed by atoms with Crippen LogP contribution in [0, 0.1) is 5.82 Å². The summed E-state index contributed by atoms with van der Waals surface area (Å²) >= 11 is 0. The minimum atomic E-state index is -4.60. The molecule has 1 rings (SSSR count). The molecule has 1 atom stereocenters. The molecule has 0 radical (unpaired) electrons. The van der Waals surface area contributed by atoms with E-state index in [-0.39, 0.29) is 5.56 Å². The number of alkyl halides is 3. The second-order valence-electron chi connectivity index (χ2n) is 4.87. The number of carbonyl (C=O) groups is 1. The molecule has 0 saturated heterocycles. The monoisotopic (exact) mass is 341 g/mol. The average molecular weight is 341 g/mol. The molecule has 0 aromatic heterocycles. The molecule has 0 N–H and O–H groups in total. The van der Waals surface area contributed by atoms with Crippen LogP contribution in [0.4, 0.5) is 17.6 Å². The number of nitrogens with zero attached hydrogens (tertiary/aromatic N) is 1. The standard InChI is InChI=1S/C13H15F4NO3S/c1-9(10-3-5-11(14)6-4-10)22(20,21)7-12(19)18(2)8-13(15,16)17/h3-6,9H,7-8H2,1-2H3. The summed E-state index contributed by atoms with van der Waals surface area (Å²) < 4.78 is 73.5. The number of sulfone groups is 1. The minimum absolute atomic E-state index is 0.257. The molecule has 0 bridgehead atoms. The van der Waals surface area contributed by atoms with Gasteiger partial charge >= 0.3 is 6.18 Å². The average Bonchev–Trinajstić information content (AvgIpc) is 2.36. The third-order valence-corrected chi connectivity index (χ3v) is 5.04. The van der Waals surface area contributed by atoms with Gasteiger partial charge in [-0.05, 0) is 24.6 Å². The summed E-state index contributed by atoms with van der Waals surface area (Å²) in [6.45, 7) is -0.230. The van der Waals surface area contributed by atoms with Crippen LogP contribution in [0.25, 0.3) is 0 Å². The smallest absolute Gasteiger partial charge is 0.336 e. The van der Waals surface area contributed by atoms with Crippen LogP contribution in [-0.4, -0.2) is 44.7 Å². The third-order valence-electron chi connectivity index (χ3n) is 3.04. The van der Waals surface area contributed by atoms with E-state index in [1.807, 2.05) is 0 Å². The van der Waals surface area contributed by atoms with Gasteiger partial charge in [-0.25, -0.2) is 12.8 Å². The minimum Gasteiger partial charge on any atom is -0.336 e. The van der Waals surface area contributed by atoms with Crippen LogP contribution in [0.2, 0.25) is 0 Å². The number of benzene rings is 1. The number of rotatable bonds is 5. The molecule has 1 aromatic carbocycles. The molecule has 124 valence electrons. The van der Waals surface area contributed by atoms with E-state index in [0.29, 0.717) is 4.90 Å². The topological polar surface area (TPSA) is 54.5 Å². The van der Waals surface area contributed by atoms with Gasteiger partial charge < -0.3 is 4.90 Å². The molecule has 0 fully saturated rings. The fourth-order valence-electron chi connectivity index (χ4n) is 1.71. The van der Waals surface area contributed by atoms with Crippen molar-refractivity contribution >= 4 is 15.7 Å². The van der Waals surface area contributed by atoms with Gasteiger partial charge in [0, 0.05) is 7.05 Å². The first-order chi connectivity index (χ1) is 9.92. The Balaban J connectivity index is 2.82. The van der Waals surface area contributed by atoms with E-state index >= 15 is 0 Å². The first-order valence-electron chi connectivity index (χ1n) is 6.20. The highest BCUT2D eigenvalue weighted by Crippen LogP contribution is 2.23. The van der Waals surface area contributed by atoms with Crippen molar-refractivity contribution in [1.82, 2.24) is 4.90 Å². The number of amides is 1. The Bertz CT molecular complexity index is 626. The van der Waals surface area contributed by atoms with E-state index in [0.717, 1.165) is 19.2 Å². The molecule has 0 aliphatic rings. The zero-order chi connectivity index (χ0) is 17.1. The van der Waals surface area contributed by atoms with Gasteiger partial charge in [0.1, 0.15) is 18.1 Å². The molecule has 0 spiro atoms. The highest BCUT2D eigenvalue weighted by Gasteiger charge is 2.33. The maximum atomic E-state index is 12.8. The predicted molar refractivity (Wildman–Crippen MR) is 72.3 cm³/mol. The van der Waals surface area contributed by atoms with Crippen molar-refractivity contribution in [2.45, 2.75) is 18.3 Å². The quantitative estimate of drug-likeness (QED) is 0.773. The van der Waals surface area contributed by atoms with Gasteiger partial charge in [-0.2, -0.15) is 13.2 Å². The molecule has 0 aliphatic carbocycles. The Morgan fingerprint density at radius 2 is 1.73 bits per heavy atom. The Kier molecular flexibility index (Phi) is 5.55. The number of hydrogen-bond donors (Lipinski definition) is 0. The SMILES string of the molecule is CC(c1ccc(F)cc1)S(=O)(=O)CC(=O)N(C)CC(F)(F)F. The maximum Gasteiger partial charge on any atom is 0.406 e. The first-order valence-corrected chi connectivity index (χ1v) is 7.91. The van der Waals surface area contributed by atoms with Crippen molar-refractivity contribution in [3.63, 3.8) is 0 Å². The number of carbonyl (C=O) groups excluding carboxylic acids is 1. The fourth-order valence-corrected chi connectivity index (χ4v) is 3.09. The fraction of sp³-hybridized carbons (Fsp3) is 0.462. The van der Waals surface area contributed by atoms with E-state index in [4.69, 9.17) is 0 Å². The first kappa shape index (κ1) is 18.4. The predicted octanol–water partition coefficient (Wildman–Crippen LogP) is 2.32. The summed E-state index contributed by atoms with van der Waals surface area (Å²) in [5.41, 5.74) is 0.257. The summed E-state index contributed by atoms with van der Waals surface area (Å²) in [7, 11) is -3.12. The lowest BCUT2D eigenvalue weighted by molar-refractivity contribution is -0.156. The van der Waals surface area contributed by atoms with Gasteiger partial charge in [0.2, 0.25) is 5.91 Å². The molecule has 0 aliphatic heterocycles. The van der Waals surface area contributed by atoms with Crippen LogP contribution in [0.1, 0.15) is 17.7 Å². The van der Waals surface area contributed by atoms with Crippen LogP contribution < -0.4 is 0 Å². The van der Waals surface area contributed by atoms with E-state index in [1.54, 1.807) is 0 Å². The van der Waals surface area contributed by atoms with E-state index in [9.17, 15) is 30.8 Å². The lowest BCUT2D eigenvalue weighted by atomic mass is 10.2. The lowest BCUT2D eigenvalue weighted by Crippen LogP contribution is -2.39. The van der Waals surface area contributed by atoms with Crippen LogP contribution in [0.5, 0.6) is 0 Å². The molecule has 1 amide bonds. The second-order valence-corrected chi connectivity index (χ2v) is 7.19. The van der Waals surface area contributed by atoms with Crippen LogP contribution >= 0.6 is 0 Å². The van der Waals surface area contributed by atoms with E-state index in [2.05, 4.69) is 0 Å². The summed E-state index contributed by atoms with van der Waals surface area (Å²) in [6.07, 6.45) is -4.60. The Labute approximate surface area is 125 Å². The summed E-state index contributed by atoms with van der Waals surface area (Å²) in [5, 5.41) is -1.13. The highest BCUT2D eigenvalue weighted by molar-refractivity contribution is 7.92. The largest absolute Gasteiger partial charge is 0.406 e. The Hall–Kier alpha value is -1.64. The van der Waals surface area contributed by atoms with E-state index in [1.165, 1.54) is 19.1 Å². The van der Waals surface area contributed by atoms with E-state index < -0.39 is 45.3 Å². The maximum absolute atomic E-state index is 12.8. The van der Waals surface area contributed by atoms with Crippen LogP contribution in [-0.2, 0) is 14.6 Å². The van der Waals surface area contributed by atoms with Gasteiger partial charge in [-0.1, -0.05) is 12.1 Å². The zero-order valence-electron chi connectivity index (χ0n) is 11.9. The molecular weight excluding hydrogens is 326 g/mol. The molecule has 0 heterocycles. The highest BCUT2D eigenvalue weighted by atomic mass is 32.2. The lowest BCUT2D eigenvalue weighted by Gasteiger charge is -2.20. The summed E-state index contributed by atoms with van der Waals surface area (Å²) in [6, 6.07) is 4.64. The second kappa shape index (κ2) is 6.64. The van der Waals surface area contributed by atoms with Gasteiger partial charge in [-0.3, -0.25) is 4.79 Å².